The SMILES string of the molecule is NC(=O)CCSCCc1c(F)cccc1Cl. The molecule has 0 unspecified atom stereocenters. The van der Waals surface area contributed by atoms with Crippen molar-refractivity contribution in [2.75, 3.05) is 11.5 Å². The summed E-state index contributed by atoms with van der Waals surface area (Å²) in [6.07, 6.45) is 0.921. The van der Waals surface area contributed by atoms with Crippen LogP contribution in [0.3, 0.4) is 0 Å². The van der Waals surface area contributed by atoms with Crippen molar-refractivity contribution >= 4 is 29.3 Å². The van der Waals surface area contributed by atoms with Crippen LogP contribution in [0.2, 0.25) is 5.02 Å². The number of hydrogen-bond donors (Lipinski definition) is 1. The molecular weight excluding hydrogens is 249 g/mol. The molecule has 0 fully saturated rings. The largest absolute Gasteiger partial charge is 0.370 e. The number of thioether (sulfide) groups is 1. The fourth-order valence-electron chi connectivity index (χ4n) is 1.22. The summed E-state index contributed by atoms with van der Waals surface area (Å²) in [5.41, 5.74) is 5.54. The Morgan fingerprint density at radius 3 is 2.81 bits per heavy atom. The molecule has 1 amide bonds. The van der Waals surface area contributed by atoms with Gasteiger partial charge in [-0.2, -0.15) is 11.8 Å². The van der Waals surface area contributed by atoms with E-state index < -0.39 is 0 Å². The number of amides is 1. The lowest BCUT2D eigenvalue weighted by Crippen LogP contribution is -2.11. The lowest BCUT2D eigenvalue weighted by Gasteiger charge is -2.05. The fraction of sp³-hybridized carbons (Fsp3) is 0.364. The molecule has 0 radical (unpaired) electrons. The van der Waals surface area contributed by atoms with Crippen LogP contribution in [-0.4, -0.2) is 17.4 Å². The molecular formula is C11H13ClFNOS. The van der Waals surface area contributed by atoms with Crippen LogP contribution >= 0.6 is 23.4 Å². The van der Waals surface area contributed by atoms with Gasteiger partial charge in [0.15, 0.2) is 0 Å². The summed E-state index contributed by atoms with van der Waals surface area (Å²) in [6, 6.07) is 4.66. The van der Waals surface area contributed by atoms with E-state index in [9.17, 15) is 9.18 Å². The van der Waals surface area contributed by atoms with Crippen molar-refractivity contribution in [3.63, 3.8) is 0 Å². The lowest BCUT2D eigenvalue weighted by atomic mass is 10.1. The standard InChI is InChI=1S/C11H13ClFNOS/c12-9-2-1-3-10(13)8(9)4-6-16-7-5-11(14)15/h1-3H,4-7H2,(H2,14,15). The van der Waals surface area contributed by atoms with Crippen LogP contribution < -0.4 is 5.73 Å². The summed E-state index contributed by atoms with van der Waals surface area (Å²) in [5, 5.41) is 0.454. The van der Waals surface area contributed by atoms with E-state index in [1.165, 1.54) is 6.07 Å². The number of hydrogen-bond acceptors (Lipinski definition) is 2. The zero-order valence-electron chi connectivity index (χ0n) is 8.71. The van der Waals surface area contributed by atoms with Gasteiger partial charge in [-0.25, -0.2) is 4.39 Å². The van der Waals surface area contributed by atoms with E-state index in [0.29, 0.717) is 29.2 Å². The first-order valence-electron chi connectivity index (χ1n) is 4.90. The van der Waals surface area contributed by atoms with Gasteiger partial charge in [-0.3, -0.25) is 4.79 Å². The zero-order valence-corrected chi connectivity index (χ0v) is 10.3. The van der Waals surface area contributed by atoms with Crippen molar-refractivity contribution < 1.29 is 9.18 Å². The summed E-state index contributed by atoms with van der Waals surface area (Å²) >= 11 is 7.44. The Bertz CT molecular complexity index is 353. The topological polar surface area (TPSA) is 43.1 Å². The molecule has 0 saturated heterocycles. The van der Waals surface area contributed by atoms with Crippen LogP contribution in [0.15, 0.2) is 18.2 Å². The highest BCUT2D eigenvalue weighted by Gasteiger charge is 2.06. The van der Waals surface area contributed by atoms with Crippen molar-refractivity contribution in [2.24, 2.45) is 5.73 Å². The molecule has 0 aromatic heterocycles. The van der Waals surface area contributed by atoms with Crippen LogP contribution in [0, 0.1) is 5.82 Å². The van der Waals surface area contributed by atoms with Crippen LogP contribution in [-0.2, 0) is 11.2 Å². The number of nitrogens with two attached hydrogens (primary N) is 1. The third-order valence-electron chi connectivity index (χ3n) is 2.05. The van der Waals surface area contributed by atoms with Crippen molar-refractivity contribution in [2.45, 2.75) is 12.8 Å². The highest BCUT2D eigenvalue weighted by atomic mass is 35.5. The Kier molecular flexibility index (Phi) is 5.63. The fourth-order valence-corrected chi connectivity index (χ4v) is 2.38. The Balaban J connectivity index is 2.34. The van der Waals surface area contributed by atoms with E-state index in [1.54, 1.807) is 23.9 Å². The van der Waals surface area contributed by atoms with Gasteiger partial charge in [-0.15, -0.1) is 0 Å². The Morgan fingerprint density at radius 1 is 1.44 bits per heavy atom. The Hall–Kier alpha value is -0.740. The van der Waals surface area contributed by atoms with Crippen LogP contribution in [0.5, 0.6) is 0 Å². The average Bonchev–Trinajstić information content (AvgIpc) is 2.21. The van der Waals surface area contributed by atoms with Gasteiger partial charge in [0.25, 0.3) is 0 Å². The highest BCUT2D eigenvalue weighted by molar-refractivity contribution is 7.99. The molecule has 1 aromatic rings. The number of carbonyl (C=O) groups is 1. The van der Waals surface area contributed by atoms with E-state index in [4.69, 9.17) is 17.3 Å². The van der Waals surface area contributed by atoms with Crippen LogP contribution in [0.1, 0.15) is 12.0 Å². The maximum atomic E-state index is 13.3. The molecule has 0 aliphatic carbocycles. The summed E-state index contributed by atoms with van der Waals surface area (Å²) in [5.74, 6) is 0.814. The maximum Gasteiger partial charge on any atom is 0.218 e. The predicted octanol–water partition coefficient (Wildman–Crippen LogP) is 2.63. The minimum Gasteiger partial charge on any atom is -0.370 e. The molecule has 88 valence electrons. The maximum absolute atomic E-state index is 13.3. The van der Waals surface area contributed by atoms with E-state index in [2.05, 4.69) is 0 Å². The van der Waals surface area contributed by atoms with E-state index in [-0.39, 0.29) is 11.7 Å². The average molecular weight is 262 g/mol. The van der Waals surface area contributed by atoms with Crippen molar-refractivity contribution in [3.8, 4) is 0 Å². The minimum atomic E-state index is -0.309. The van der Waals surface area contributed by atoms with E-state index in [0.717, 1.165) is 5.75 Å². The minimum absolute atomic E-state index is 0.275. The monoisotopic (exact) mass is 261 g/mol. The van der Waals surface area contributed by atoms with Gasteiger partial charge in [-0.1, -0.05) is 17.7 Å². The third kappa shape index (κ3) is 4.41. The summed E-state index contributed by atoms with van der Waals surface area (Å²) < 4.78 is 13.3. The van der Waals surface area contributed by atoms with Gasteiger partial charge in [0.2, 0.25) is 5.91 Å². The number of halogens is 2. The highest BCUT2D eigenvalue weighted by Crippen LogP contribution is 2.20. The van der Waals surface area contributed by atoms with Crippen molar-refractivity contribution in [3.05, 3.63) is 34.6 Å². The second-order valence-electron chi connectivity index (χ2n) is 3.28. The van der Waals surface area contributed by atoms with Gasteiger partial charge in [-0.05, 0) is 24.3 Å². The lowest BCUT2D eigenvalue weighted by molar-refractivity contribution is -0.117. The van der Waals surface area contributed by atoms with Gasteiger partial charge in [0.1, 0.15) is 5.82 Å². The number of benzene rings is 1. The molecule has 0 heterocycles. The third-order valence-corrected chi connectivity index (χ3v) is 3.39. The molecule has 2 N–H and O–H groups in total. The summed E-state index contributed by atoms with van der Waals surface area (Å²) in [4.78, 5) is 10.5. The second-order valence-corrected chi connectivity index (χ2v) is 4.91. The number of primary amides is 1. The zero-order chi connectivity index (χ0) is 12.0. The predicted molar refractivity (Wildman–Crippen MR) is 66.3 cm³/mol. The summed E-state index contributed by atoms with van der Waals surface area (Å²) in [7, 11) is 0. The number of rotatable bonds is 6. The van der Waals surface area contributed by atoms with Crippen LogP contribution in [0.4, 0.5) is 4.39 Å². The smallest absolute Gasteiger partial charge is 0.218 e. The van der Waals surface area contributed by atoms with Gasteiger partial charge >= 0.3 is 0 Å². The molecule has 16 heavy (non-hydrogen) atoms. The first-order valence-corrected chi connectivity index (χ1v) is 6.43. The molecule has 0 spiro atoms. The Labute approximate surface area is 103 Å². The Morgan fingerprint density at radius 2 is 2.19 bits per heavy atom. The van der Waals surface area contributed by atoms with Crippen molar-refractivity contribution in [1.82, 2.24) is 0 Å². The molecule has 1 aromatic carbocycles. The molecule has 1 rings (SSSR count). The number of carbonyl (C=O) groups excluding carboxylic acids is 1. The molecule has 0 atom stereocenters. The van der Waals surface area contributed by atoms with Crippen LogP contribution in [0.25, 0.3) is 0 Å². The van der Waals surface area contributed by atoms with Crippen molar-refractivity contribution in [1.29, 1.82) is 0 Å². The quantitative estimate of drug-likeness (QED) is 0.800. The first-order chi connectivity index (χ1) is 7.61. The van der Waals surface area contributed by atoms with E-state index in [1.807, 2.05) is 0 Å². The van der Waals surface area contributed by atoms with Gasteiger partial charge in [0.05, 0.1) is 0 Å². The normalized spacial score (nSPS) is 10.4. The summed E-state index contributed by atoms with van der Waals surface area (Å²) in [6.45, 7) is 0. The molecule has 5 heteroatoms. The molecule has 0 aliphatic heterocycles. The molecule has 0 saturated carbocycles. The molecule has 2 nitrogen and oxygen atoms in total. The van der Waals surface area contributed by atoms with Gasteiger partial charge < -0.3 is 5.73 Å². The van der Waals surface area contributed by atoms with Gasteiger partial charge in [0, 0.05) is 22.8 Å². The molecule has 0 bridgehead atoms. The van der Waals surface area contributed by atoms with E-state index >= 15 is 0 Å². The first kappa shape index (κ1) is 13.3. The molecule has 0 aliphatic rings. The second kappa shape index (κ2) is 6.76.